The minimum absolute atomic E-state index is 0.0223. The van der Waals surface area contributed by atoms with Gasteiger partial charge in [-0.3, -0.25) is 14.4 Å². The predicted octanol–water partition coefficient (Wildman–Crippen LogP) is 4.95. The molecule has 0 aromatic rings. The second kappa shape index (κ2) is 16.4. The van der Waals surface area contributed by atoms with E-state index in [1.54, 1.807) is 0 Å². The van der Waals surface area contributed by atoms with E-state index in [2.05, 4.69) is 50.5 Å². The summed E-state index contributed by atoms with van der Waals surface area (Å²) in [5, 5.41) is 5.36. The van der Waals surface area contributed by atoms with E-state index in [0.717, 1.165) is 25.7 Å². The molecule has 0 atom stereocenters. The molecule has 30 heavy (non-hydrogen) atoms. The number of carbonyl (C=O) groups excluding carboxylic acids is 3. The van der Waals surface area contributed by atoms with Crippen LogP contribution in [0.25, 0.3) is 0 Å². The van der Waals surface area contributed by atoms with Crippen LogP contribution in [0.4, 0.5) is 0 Å². The Kier molecular flexibility index (Phi) is 15.0. The third-order valence-electron chi connectivity index (χ3n) is 4.48. The van der Waals surface area contributed by atoms with E-state index >= 15 is 0 Å². The maximum atomic E-state index is 11.9. The third kappa shape index (κ3) is 16.5. The molecule has 0 unspecified atom stereocenters. The highest BCUT2D eigenvalue weighted by Crippen LogP contribution is 2.07. The Hall–Kier alpha value is -2.43. The maximum absolute atomic E-state index is 11.9. The fourth-order valence-electron chi connectivity index (χ4n) is 2.57. The molecule has 0 radical (unpaired) electrons. The minimum atomic E-state index is -0.633. The second-order valence-electron chi connectivity index (χ2n) is 8.18. The summed E-state index contributed by atoms with van der Waals surface area (Å²) < 4.78 is 0. The average Bonchev–Trinajstić information content (AvgIpc) is 2.65. The van der Waals surface area contributed by atoms with Crippen molar-refractivity contribution in [3.8, 4) is 0 Å². The van der Waals surface area contributed by atoms with Crippen molar-refractivity contribution in [1.82, 2.24) is 10.6 Å². The Bertz CT molecular complexity index is 689. The van der Waals surface area contributed by atoms with Crippen LogP contribution in [0, 0.1) is 0 Å². The first-order valence-corrected chi connectivity index (χ1v) is 10.8. The molecule has 0 bridgehead atoms. The van der Waals surface area contributed by atoms with E-state index in [9.17, 15) is 14.4 Å². The van der Waals surface area contributed by atoms with Crippen molar-refractivity contribution in [2.75, 3.05) is 13.1 Å². The van der Waals surface area contributed by atoms with Gasteiger partial charge >= 0.3 is 0 Å². The minimum Gasteiger partial charge on any atom is -0.353 e. The van der Waals surface area contributed by atoms with Gasteiger partial charge in [-0.2, -0.15) is 0 Å². The van der Waals surface area contributed by atoms with Crippen LogP contribution < -0.4 is 10.6 Å². The second-order valence-corrected chi connectivity index (χ2v) is 8.18. The summed E-state index contributed by atoms with van der Waals surface area (Å²) >= 11 is 0. The lowest BCUT2D eigenvalue weighted by atomic mass is 10.1. The zero-order valence-corrected chi connectivity index (χ0v) is 19.7. The molecule has 2 amide bonds. The summed E-state index contributed by atoms with van der Waals surface area (Å²) in [4.78, 5) is 35.6. The molecular weight excluding hydrogens is 376 g/mol. The van der Waals surface area contributed by atoms with Crippen LogP contribution in [0.15, 0.2) is 46.6 Å². The van der Waals surface area contributed by atoms with Gasteiger partial charge in [0.15, 0.2) is 0 Å². The SMILES string of the molecule is CC(C)=CCCC(C)=CCNC(=O)CCC(=O)C(=O)NCC=C(C)CCC=C(C)C. The van der Waals surface area contributed by atoms with Gasteiger partial charge in [-0.15, -0.1) is 0 Å². The number of ketones is 1. The van der Waals surface area contributed by atoms with Gasteiger partial charge in [-0.05, 0) is 67.2 Å². The van der Waals surface area contributed by atoms with Crippen molar-refractivity contribution in [1.29, 1.82) is 0 Å². The molecule has 5 heteroatoms. The summed E-state index contributed by atoms with van der Waals surface area (Å²) in [6.45, 7) is 13.1. The summed E-state index contributed by atoms with van der Waals surface area (Å²) in [7, 11) is 0. The Labute approximate surface area is 182 Å². The number of rotatable bonds is 14. The number of allylic oxidation sites excluding steroid dienone is 6. The Balaban J connectivity index is 4.07. The molecule has 0 aliphatic rings. The quantitative estimate of drug-likeness (QED) is 0.311. The Morgan fingerprint density at radius 1 is 0.600 bits per heavy atom. The summed E-state index contributed by atoms with van der Waals surface area (Å²) in [6, 6.07) is 0. The topological polar surface area (TPSA) is 75.3 Å². The van der Waals surface area contributed by atoms with E-state index in [4.69, 9.17) is 0 Å². The van der Waals surface area contributed by atoms with Crippen molar-refractivity contribution < 1.29 is 14.4 Å². The summed E-state index contributed by atoms with van der Waals surface area (Å²) in [5.74, 6) is -1.42. The van der Waals surface area contributed by atoms with E-state index < -0.39 is 11.7 Å². The molecule has 168 valence electrons. The number of Topliss-reactive ketones (excluding diaryl/α,β-unsaturated/α-hetero) is 1. The highest BCUT2D eigenvalue weighted by Gasteiger charge is 2.14. The zero-order chi connectivity index (χ0) is 22.9. The molecule has 0 rings (SSSR count). The highest BCUT2D eigenvalue weighted by atomic mass is 16.2. The van der Waals surface area contributed by atoms with Gasteiger partial charge in [0.05, 0.1) is 0 Å². The van der Waals surface area contributed by atoms with Crippen LogP contribution in [0.1, 0.15) is 80.1 Å². The first-order chi connectivity index (χ1) is 14.1. The van der Waals surface area contributed by atoms with Crippen molar-refractivity contribution >= 4 is 17.6 Å². The lowest BCUT2D eigenvalue weighted by Crippen LogP contribution is -2.32. The maximum Gasteiger partial charge on any atom is 0.287 e. The van der Waals surface area contributed by atoms with Crippen molar-refractivity contribution in [3.05, 3.63) is 46.6 Å². The van der Waals surface area contributed by atoms with E-state index in [1.807, 2.05) is 26.0 Å². The molecule has 0 spiro atoms. The molecule has 0 aromatic heterocycles. The van der Waals surface area contributed by atoms with E-state index in [1.165, 1.54) is 22.3 Å². The van der Waals surface area contributed by atoms with Gasteiger partial charge in [0.1, 0.15) is 0 Å². The average molecular weight is 417 g/mol. The first kappa shape index (κ1) is 27.6. The van der Waals surface area contributed by atoms with Gasteiger partial charge in [-0.1, -0.05) is 46.6 Å². The standard InChI is InChI=1S/C25H40N2O3/c1-19(2)9-7-11-21(5)15-17-26-24(29)14-13-23(28)25(30)27-18-16-22(6)12-8-10-20(3)4/h9-10,15-16H,7-8,11-14,17-18H2,1-6H3,(H,26,29)(H,27,30). The van der Waals surface area contributed by atoms with Gasteiger partial charge in [-0.25, -0.2) is 0 Å². The number of nitrogens with one attached hydrogen (secondary N) is 2. The summed E-state index contributed by atoms with van der Waals surface area (Å²) in [6.07, 6.45) is 12.1. The highest BCUT2D eigenvalue weighted by molar-refractivity contribution is 6.36. The lowest BCUT2D eigenvalue weighted by Gasteiger charge is -2.05. The van der Waals surface area contributed by atoms with Gasteiger partial charge in [0.2, 0.25) is 11.7 Å². The van der Waals surface area contributed by atoms with E-state index in [-0.39, 0.29) is 18.7 Å². The monoisotopic (exact) mass is 416 g/mol. The number of hydrogen-bond donors (Lipinski definition) is 2. The molecule has 0 heterocycles. The predicted molar refractivity (Wildman–Crippen MR) is 125 cm³/mol. The smallest absolute Gasteiger partial charge is 0.287 e. The number of amides is 2. The number of carbonyl (C=O) groups is 3. The molecule has 5 nitrogen and oxygen atoms in total. The molecule has 0 aliphatic carbocycles. The fourth-order valence-corrected chi connectivity index (χ4v) is 2.57. The Morgan fingerprint density at radius 3 is 1.53 bits per heavy atom. The van der Waals surface area contributed by atoms with Gasteiger partial charge in [0, 0.05) is 25.9 Å². The molecule has 0 fully saturated rings. The van der Waals surface area contributed by atoms with Crippen LogP contribution in [-0.4, -0.2) is 30.7 Å². The molecule has 2 N–H and O–H groups in total. The third-order valence-corrected chi connectivity index (χ3v) is 4.48. The van der Waals surface area contributed by atoms with E-state index in [0.29, 0.717) is 13.1 Å². The van der Waals surface area contributed by atoms with Gasteiger partial charge < -0.3 is 10.6 Å². The van der Waals surface area contributed by atoms with Crippen LogP contribution >= 0.6 is 0 Å². The van der Waals surface area contributed by atoms with Crippen LogP contribution in [0.3, 0.4) is 0 Å². The van der Waals surface area contributed by atoms with Gasteiger partial charge in [0.25, 0.3) is 5.91 Å². The Morgan fingerprint density at radius 2 is 1.07 bits per heavy atom. The van der Waals surface area contributed by atoms with Crippen molar-refractivity contribution in [3.63, 3.8) is 0 Å². The van der Waals surface area contributed by atoms with Crippen LogP contribution in [0.5, 0.6) is 0 Å². The first-order valence-electron chi connectivity index (χ1n) is 10.8. The molecular formula is C25H40N2O3. The molecule has 0 aliphatic heterocycles. The number of hydrogen-bond acceptors (Lipinski definition) is 3. The lowest BCUT2D eigenvalue weighted by molar-refractivity contribution is -0.138. The van der Waals surface area contributed by atoms with Crippen LogP contribution in [0.2, 0.25) is 0 Å². The fraction of sp³-hybridized carbons (Fsp3) is 0.560. The molecule has 0 aromatic carbocycles. The van der Waals surface area contributed by atoms with Crippen molar-refractivity contribution in [2.24, 2.45) is 0 Å². The van der Waals surface area contributed by atoms with Crippen LogP contribution in [-0.2, 0) is 14.4 Å². The molecule has 0 saturated heterocycles. The zero-order valence-electron chi connectivity index (χ0n) is 19.7. The van der Waals surface area contributed by atoms with Crippen molar-refractivity contribution in [2.45, 2.75) is 80.1 Å². The summed E-state index contributed by atoms with van der Waals surface area (Å²) in [5.41, 5.74) is 4.98. The normalized spacial score (nSPS) is 11.5. The molecule has 0 saturated carbocycles. The largest absolute Gasteiger partial charge is 0.353 e.